The molecule has 0 bridgehead atoms. The van der Waals surface area contributed by atoms with Crippen LogP contribution in [0.15, 0.2) is 24.3 Å². The summed E-state index contributed by atoms with van der Waals surface area (Å²) in [5.74, 6) is 0. The van der Waals surface area contributed by atoms with Crippen molar-refractivity contribution in [3.05, 3.63) is 34.9 Å². The van der Waals surface area contributed by atoms with Gasteiger partial charge >= 0.3 is 6.09 Å². The highest BCUT2D eigenvalue weighted by atomic mass is 35.5. The number of hydrogen-bond acceptors (Lipinski definition) is 3. The van der Waals surface area contributed by atoms with E-state index in [0.29, 0.717) is 11.6 Å². The van der Waals surface area contributed by atoms with Crippen LogP contribution in [0, 0.1) is 0 Å². The van der Waals surface area contributed by atoms with E-state index < -0.39 is 0 Å². The zero-order valence-electron chi connectivity index (χ0n) is 8.85. The molecular weight excluding hydrogens is 230 g/mol. The van der Waals surface area contributed by atoms with Crippen LogP contribution < -0.4 is 0 Å². The number of carbonyl (C=O) groups is 1. The molecule has 0 spiro atoms. The standard InChI is InChI=1S/C11H12ClNO3/c1-13(10-7-15-10)11(14)16-6-8-2-4-9(12)5-3-8/h2-5,10H,6-7H2,1H3. The highest BCUT2D eigenvalue weighted by molar-refractivity contribution is 6.30. The van der Waals surface area contributed by atoms with Crippen molar-refractivity contribution in [1.29, 1.82) is 0 Å². The van der Waals surface area contributed by atoms with Gasteiger partial charge < -0.3 is 9.47 Å². The largest absolute Gasteiger partial charge is 0.444 e. The fraction of sp³-hybridized carbons (Fsp3) is 0.364. The normalized spacial score (nSPS) is 18.0. The molecule has 1 saturated heterocycles. The van der Waals surface area contributed by atoms with E-state index in [-0.39, 0.29) is 18.9 Å². The van der Waals surface area contributed by atoms with E-state index >= 15 is 0 Å². The van der Waals surface area contributed by atoms with Crippen molar-refractivity contribution in [3.63, 3.8) is 0 Å². The van der Waals surface area contributed by atoms with E-state index in [2.05, 4.69) is 0 Å². The molecule has 1 heterocycles. The van der Waals surface area contributed by atoms with Crippen molar-refractivity contribution in [2.45, 2.75) is 12.8 Å². The topological polar surface area (TPSA) is 42.1 Å². The number of rotatable bonds is 3. The van der Waals surface area contributed by atoms with Gasteiger partial charge in [0.05, 0.1) is 6.61 Å². The molecule has 1 fully saturated rings. The van der Waals surface area contributed by atoms with Crippen LogP contribution >= 0.6 is 11.6 Å². The Morgan fingerprint density at radius 3 is 2.75 bits per heavy atom. The minimum absolute atomic E-state index is 0.113. The number of amides is 1. The van der Waals surface area contributed by atoms with Crippen LogP contribution in [0.3, 0.4) is 0 Å². The smallest absolute Gasteiger partial charge is 0.411 e. The van der Waals surface area contributed by atoms with Crippen molar-refractivity contribution in [1.82, 2.24) is 4.90 Å². The molecule has 1 atom stereocenters. The van der Waals surface area contributed by atoms with Crippen LogP contribution in [0.4, 0.5) is 4.79 Å². The molecule has 1 aromatic rings. The number of benzene rings is 1. The summed E-state index contributed by atoms with van der Waals surface area (Å²) in [7, 11) is 1.65. The van der Waals surface area contributed by atoms with Gasteiger partial charge in [-0.1, -0.05) is 23.7 Å². The van der Waals surface area contributed by atoms with Gasteiger partial charge in [-0.3, -0.25) is 4.90 Å². The third kappa shape index (κ3) is 2.87. The number of ether oxygens (including phenoxy) is 2. The van der Waals surface area contributed by atoms with E-state index in [0.717, 1.165) is 5.56 Å². The van der Waals surface area contributed by atoms with Crippen LogP contribution in [0.1, 0.15) is 5.56 Å². The molecule has 0 saturated carbocycles. The molecule has 16 heavy (non-hydrogen) atoms. The third-order valence-corrected chi connectivity index (χ3v) is 2.56. The molecule has 2 rings (SSSR count). The molecule has 4 nitrogen and oxygen atoms in total. The second-order valence-corrected chi connectivity index (χ2v) is 4.02. The van der Waals surface area contributed by atoms with Gasteiger partial charge in [0, 0.05) is 12.1 Å². The van der Waals surface area contributed by atoms with E-state index in [1.165, 1.54) is 4.90 Å². The highest BCUT2D eigenvalue weighted by Crippen LogP contribution is 2.15. The Morgan fingerprint density at radius 1 is 1.56 bits per heavy atom. The fourth-order valence-corrected chi connectivity index (χ4v) is 1.34. The Labute approximate surface area is 98.7 Å². The number of epoxide rings is 1. The average molecular weight is 242 g/mol. The van der Waals surface area contributed by atoms with Crippen molar-refractivity contribution >= 4 is 17.7 Å². The quantitative estimate of drug-likeness (QED) is 0.763. The van der Waals surface area contributed by atoms with Gasteiger partial charge in [0.15, 0.2) is 6.23 Å². The maximum absolute atomic E-state index is 11.5. The lowest BCUT2D eigenvalue weighted by molar-refractivity contribution is 0.0893. The number of hydrogen-bond donors (Lipinski definition) is 0. The molecule has 0 aliphatic carbocycles. The van der Waals surface area contributed by atoms with Crippen molar-refractivity contribution < 1.29 is 14.3 Å². The van der Waals surface area contributed by atoms with Crippen LogP contribution in [0.2, 0.25) is 5.02 Å². The number of halogens is 1. The molecule has 1 aliphatic heterocycles. The average Bonchev–Trinajstić information content (AvgIpc) is 3.11. The van der Waals surface area contributed by atoms with E-state index in [4.69, 9.17) is 21.1 Å². The molecule has 1 unspecified atom stereocenters. The van der Waals surface area contributed by atoms with E-state index in [1.807, 2.05) is 12.1 Å². The van der Waals surface area contributed by atoms with Gasteiger partial charge in [-0.15, -0.1) is 0 Å². The van der Waals surface area contributed by atoms with Gasteiger partial charge in [-0.25, -0.2) is 4.79 Å². The minimum Gasteiger partial charge on any atom is -0.444 e. The first-order valence-corrected chi connectivity index (χ1v) is 5.30. The first kappa shape index (κ1) is 11.2. The van der Waals surface area contributed by atoms with Crippen molar-refractivity contribution in [3.8, 4) is 0 Å². The zero-order chi connectivity index (χ0) is 11.5. The lowest BCUT2D eigenvalue weighted by Gasteiger charge is -2.13. The van der Waals surface area contributed by atoms with E-state index in [9.17, 15) is 4.79 Å². The second kappa shape index (κ2) is 4.72. The van der Waals surface area contributed by atoms with E-state index in [1.54, 1.807) is 19.2 Å². The summed E-state index contributed by atoms with van der Waals surface area (Å²) in [5.41, 5.74) is 0.905. The van der Waals surface area contributed by atoms with Gasteiger partial charge in [-0.2, -0.15) is 0 Å². The Kier molecular flexibility index (Phi) is 3.31. The number of carbonyl (C=O) groups excluding carboxylic acids is 1. The molecule has 86 valence electrons. The van der Waals surface area contributed by atoms with Gasteiger partial charge in [-0.05, 0) is 17.7 Å². The summed E-state index contributed by atoms with van der Waals surface area (Å²) in [6, 6.07) is 7.17. The van der Waals surface area contributed by atoms with Gasteiger partial charge in [0.1, 0.15) is 6.61 Å². The molecule has 0 N–H and O–H groups in total. The first-order chi connectivity index (χ1) is 7.66. The van der Waals surface area contributed by atoms with Gasteiger partial charge in [0.25, 0.3) is 0 Å². The molecule has 5 heteroatoms. The van der Waals surface area contributed by atoms with Crippen LogP contribution in [-0.2, 0) is 16.1 Å². The summed E-state index contributed by atoms with van der Waals surface area (Å²) in [4.78, 5) is 12.9. The molecular formula is C11H12ClNO3. The SMILES string of the molecule is CN(C(=O)OCc1ccc(Cl)cc1)C1CO1. The number of likely N-dealkylation sites (N-methyl/N-ethyl adjacent to an activating group) is 1. The molecule has 1 amide bonds. The summed E-state index contributed by atoms with van der Waals surface area (Å²) in [5, 5.41) is 0.665. The Hall–Kier alpha value is -1.26. The first-order valence-electron chi connectivity index (χ1n) is 4.92. The van der Waals surface area contributed by atoms with Crippen LogP contribution in [0.25, 0.3) is 0 Å². The predicted octanol–water partition coefficient (Wildman–Crippen LogP) is 2.26. The highest BCUT2D eigenvalue weighted by Gasteiger charge is 2.31. The summed E-state index contributed by atoms with van der Waals surface area (Å²) in [6.07, 6.45) is -0.491. The fourth-order valence-electron chi connectivity index (χ4n) is 1.21. The van der Waals surface area contributed by atoms with Crippen molar-refractivity contribution in [2.75, 3.05) is 13.7 Å². The summed E-state index contributed by atoms with van der Waals surface area (Å²) in [6.45, 7) is 0.833. The maximum Gasteiger partial charge on any atom is 0.411 e. The molecule has 0 aromatic heterocycles. The minimum atomic E-state index is -0.377. The molecule has 1 aromatic carbocycles. The maximum atomic E-state index is 11.5. The zero-order valence-corrected chi connectivity index (χ0v) is 9.61. The molecule has 1 aliphatic rings. The van der Waals surface area contributed by atoms with Crippen LogP contribution in [0.5, 0.6) is 0 Å². The van der Waals surface area contributed by atoms with Crippen LogP contribution in [-0.4, -0.2) is 30.9 Å². The van der Waals surface area contributed by atoms with Crippen molar-refractivity contribution in [2.24, 2.45) is 0 Å². The third-order valence-electron chi connectivity index (χ3n) is 2.31. The Balaban J connectivity index is 1.82. The van der Waals surface area contributed by atoms with Gasteiger partial charge in [0.2, 0.25) is 0 Å². The summed E-state index contributed by atoms with van der Waals surface area (Å²) >= 11 is 5.74. The summed E-state index contributed by atoms with van der Waals surface area (Å²) < 4.78 is 10.1. The lowest BCUT2D eigenvalue weighted by atomic mass is 10.2. The second-order valence-electron chi connectivity index (χ2n) is 3.58. The lowest BCUT2D eigenvalue weighted by Crippen LogP contribution is -2.30. The predicted molar refractivity (Wildman–Crippen MR) is 59.1 cm³/mol. The monoisotopic (exact) mass is 241 g/mol. The Morgan fingerprint density at radius 2 is 2.19 bits per heavy atom. The molecule has 0 radical (unpaired) electrons. The Bertz CT molecular complexity index is 375. The number of nitrogens with zero attached hydrogens (tertiary/aromatic N) is 1.